The Hall–Kier alpha value is -1.87. The van der Waals surface area contributed by atoms with Crippen molar-refractivity contribution in [2.45, 2.75) is 5.88 Å². The van der Waals surface area contributed by atoms with E-state index in [1.807, 2.05) is 30.3 Å². The molecule has 0 fully saturated rings. The predicted octanol–water partition coefficient (Wildman–Crippen LogP) is 3.90. The van der Waals surface area contributed by atoms with Crippen LogP contribution < -0.4 is 0 Å². The Labute approximate surface area is 109 Å². The highest BCUT2D eigenvalue weighted by Crippen LogP contribution is 2.21. The normalized spacial score (nSPS) is 11.0. The highest BCUT2D eigenvalue weighted by molar-refractivity contribution is 6.17. The van der Waals surface area contributed by atoms with E-state index < -0.39 is 0 Å². The lowest BCUT2D eigenvalue weighted by Gasteiger charge is -2.06. The van der Waals surface area contributed by atoms with Gasteiger partial charge in [-0.05, 0) is 29.8 Å². The van der Waals surface area contributed by atoms with Crippen molar-refractivity contribution in [1.29, 1.82) is 0 Å². The second-order valence-corrected chi connectivity index (χ2v) is 4.29. The van der Waals surface area contributed by atoms with Gasteiger partial charge in [-0.2, -0.15) is 0 Å². The zero-order valence-electron chi connectivity index (χ0n) is 9.48. The van der Waals surface area contributed by atoms with E-state index in [2.05, 4.69) is 4.98 Å². The molecule has 18 heavy (non-hydrogen) atoms. The van der Waals surface area contributed by atoms with Crippen LogP contribution in [0.4, 0.5) is 4.39 Å². The van der Waals surface area contributed by atoms with Gasteiger partial charge in [-0.15, -0.1) is 11.6 Å². The summed E-state index contributed by atoms with van der Waals surface area (Å²) in [6, 6.07) is 12.6. The quantitative estimate of drug-likeness (QED) is 0.639. The van der Waals surface area contributed by atoms with Gasteiger partial charge in [0, 0.05) is 5.88 Å². The van der Waals surface area contributed by atoms with Gasteiger partial charge in [0.15, 0.2) is 0 Å². The van der Waals surface area contributed by atoms with Crippen LogP contribution in [-0.4, -0.2) is 9.55 Å². The third-order valence-electron chi connectivity index (χ3n) is 2.88. The van der Waals surface area contributed by atoms with Crippen LogP contribution in [0.25, 0.3) is 16.7 Å². The van der Waals surface area contributed by atoms with Gasteiger partial charge in [-0.3, -0.25) is 4.57 Å². The first-order valence-corrected chi connectivity index (χ1v) is 6.10. The summed E-state index contributed by atoms with van der Waals surface area (Å²) in [6.45, 7) is 0. The Morgan fingerprint density at radius 2 is 2.00 bits per heavy atom. The Balaban J connectivity index is 2.20. The third-order valence-corrected chi connectivity index (χ3v) is 3.19. The van der Waals surface area contributed by atoms with E-state index in [-0.39, 0.29) is 5.82 Å². The van der Waals surface area contributed by atoms with Crippen LogP contribution in [-0.2, 0) is 5.88 Å². The van der Waals surface area contributed by atoms with Crippen molar-refractivity contribution in [2.24, 2.45) is 0 Å². The number of halogens is 2. The number of imidazole rings is 1. The van der Waals surface area contributed by atoms with Crippen molar-refractivity contribution >= 4 is 22.6 Å². The smallest absolute Gasteiger partial charge is 0.147 e. The van der Waals surface area contributed by atoms with E-state index in [0.29, 0.717) is 11.6 Å². The van der Waals surface area contributed by atoms with Crippen LogP contribution in [0.2, 0.25) is 0 Å². The molecule has 0 amide bonds. The standard InChI is InChI=1S/C14H10ClFN2/c15-8-10-5-6-13(11(16)7-10)18-9-17-12-3-1-2-4-14(12)18/h1-7,9H,8H2. The van der Waals surface area contributed by atoms with Gasteiger partial charge in [0.25, 0.3) is 0 Å². The van der Waals surface area contributed by atoms with Gasteiger partial charge in [-0.1, -0.05) is 18.2 Å². The fourth-order valence-corrected chi connectivity index (χ4v) is 2.15. The zero-order valence-corrected chi connectivity index (χ0v) is 10.2. The average Bonchev–Trinajstić information content (AvgIpc) is 2.82. The minimum absolute atomic E-state index is 0.295. The molecule has 0 atom stereocenters. The van der Waals surface area contributed by atoms with Gasteiger partial charge >= 0.3 is 0 Å². The molecule has 3 rings (SSSR count). The van der Waals surface area contributed by atoms with Crippen LogP contribution in [0.5, 0.6) is 0 Å². The van der Waals surface area contributed by atoms with E-state index in [1.165, 1.54) is 6.07 Å². The molecule has 0 unspecified atom stereocenters. The Kier molecular flexibility index (Phi) is 2.76. The van der Waals surface area contributed by atoms with Crippen molar-refractivity contribution in [3.63, 3.8) is 0 Å². The van der Waals surface area contributed by atoms with Crippen LogP contribution in [0.1, 0.15) is 5.56 Å². The molecule has 2 nitrogen and oxygen atoms in total. The molecule has 0 aliphatic rings. The maximum Gasteiger partial charge on any atom is 0.147 e. The maximum absolute atomic E-state index is 14.0. The van der Waals surface area contributed by atoms with Crippen molar-refractivity contribution < 1.29 is 4.39 Å². The second-order valence-electron chi connectivity index (χ2n) is 4.02. The molecule has 4 heteroatoms. The molecule has 0 aliphatic carbocycles. The fourth-order valence-electron chi connectivity index (χ4n) is 1.98. The number of benzene rings is 2. The van der Waals surface area contributed by atoms with Gasteiger partial charge in [-0.25, -0.2) is 9.37 Å². The summed E-state index contributed by atoms with van der Waals surface area (Å²) in [5.41, 5.74) is 2.98. The maximum atomic E-state index is 14.0. The Morgan fingerprint density at radius 1 is 1.17 bits per heavy atom. The molecule has 90 valence electrons. The Morgan fingerprint density at radius 3 is 2.78 bits per heavy atom. The summed E-state index contributed by atoms with van der Waals surface area (Å²) >= 11 is 5.69. The number of hydrogen-bond donors (Lipinski definition) is 0. The predicted molar refractivity (Wildman–Crippen MR) is 70.6 cm³/mol. The topological polar surface area (TPSA) is 17.8 Å². The second kappa shape index (κ2) is 4.42. The molecule has 1 heterocycles. The number of rotatable bonds is 2. The molecule has 0 N–H and O–H groups in total. The van der Waals surface area contributed by atoms with Gasteiger partial charge < -0.3 is 0 Å². The summed E-state index contributed by atoms with van der Waals surface area (Å²) in [5.74, 6) is 0.0123. The van der Waals surface area contributed by atoms with E-state index in [9.17, 15) is 4.39 Å². The summed E-state index contributed by atoms with van der Waals surface area (Å²) < 4.78 is 15.8. The molecule has 0 aliphatic heterocycles. The molecule has 0 bridgehead atoms. The van der Waals surface area contributed by atoms with E-state index >= 15 is 0 Å². The van der Waals surface area contributed by atoms with Crippen molar-refractivity contribution in [3.8, 4) is 5.69 Å². The highest BCUT2D eigenvalue weighted by Gasteiger charge is 2.09. The molecular formula is C14H10ClFN2. The monoisotopic (exact) mass is 260 g/mol. The SMILES string of the molecule is Fc1cc(CCl)ccc1-n1cnc2ccccc21. The summed E-state index contributed by atoms with van der Waals surface area (Å²) in [4.78, 5) is 4.25. The van der Waals surface area contributed by atoms with Crippen LogP contribution in [0.3, 0.4) is 0 Å². The van der Waals surface area contributed by atoms with Crippen molar-refractivity contribution in [3.05, 3.63) is 60.2 Å². The lowest BCUT2D eigenvalue weighted by atomic mass is 10.2. The van der Waals surface area contributed by atoms with Gasteiger partial charge in [0.2, 0.25) is 0 Å². The lowest BCUT2D eigenvalue weighted by molar-refractivity contribution is 0.618. The van der Waals surface area contributed by atoms with Crippen molar-refractivity contribution in [1.82, 2.24) is 9.55 Å². The van der Waals surface area contributed by atoms with Crippen LogP contribution in [0.15, 0.2) is 48.8 Å². The van der Waals surface area contributed by atoms with Crippen LogP contribution in [0, 0.1) is 5.82 Å². The number of fused-ring (bicyclic) bond motifs is 1. The summed E-state index contributed by atoms with van der Waals surface area (Å²) in [5, 5.41) is 0. The first-order chi connectivity index (χ1) is 8.79. The highest BCUT2D eigenvalue weighted by atomic mass is 35.5. The summed E-state index contributed by atoms with van der Waals surface area (Å²) in [7, 11) is 0. The molecule has 1 aromatic heterocycles. The average molecular weight is 261 g/mol. The zero-order chi connectivity index (χ0) is 12.5. The van der Waals surface area contributed by atoms with Gasteiger partial charge in [0.1, 0.15) is 12.1 Å². The van der Waals surface area contributed by atoms with Crippen molar-refractivity contribution in [2.75, 3.05) is 0 Å². The number of aromatic nitrogens is 2. The summed E-state index contributed by atoms with van der Waals surface area (Å²) in [6.07, 6.45) is 1.63. The first-order valence-electron chi connectivity index (χ1n) is 5.56. The lowest BCUT2D eigenvalue weighted by Crippen LogP contribution is -1.96. The van der Waals surface area contributed by atoms with E-state index in [1.54, 1.807) is 17.0 Å². The first kappa shape index (κ1) is 11.2. The molecule has 0 spiro atoms. The number of hydrogen-bond acceptors (Lipinski definition) is 1. The van der Waals surface area contributed by atoms with Crippen LogP contribution >= 0.6 is 11.6 Å². The van der Waals surface area contributed by atoms with E-state index in [4.69, 9.17) is 11.6 Å². The largest absolute Gasteiger partial charge is 0.296 e. The van der Waals surface area contributed by atoms with Gasteiger partial charge in [0.05, 0.1) is 16.7 Å². The molecule has 0 saturated heterocycles. The molecule has 0 saturated carbocycles. The molecular weight excluding hydrogens is 251 g/mol. The number of alkyl halides is 1. The Bertz CT molecular complexity index is 706. The molecule has 3 aromatic rings. The molecule has 2 aromatic carbocycles. The number of para-hydroxylation sites is 2. The third kappa shape index (κ3) is 1.77. The fraction of sp³-hybridized carbons (Fsp3) is 0.0714. The minimum atomic E-state index is -0.295. The minimum Gasteiger partial charge on any atom is -0.296 e. The van der Waals surface area contributed by atoms with E-state index in [0.717, 1.165) is 16.6 Å². The number of nitrogens with zero attached hydrogens (tertiary/aromatic N) is 2. The molecule has 0 radical (unpaired) electrons.